The van der Waals surface area contributed by atoms with Crippen LogP contribution < -0.4 is 16.8 Å². The van der Waals surface area contributed by atoms with Crippen molar-refractivity contribution in [2.45, 2.75) is 12.6 Å². The summed E-state index contributed by atoms with van der Waals surface area (Å²) in [6, 6.07) is -0.198. The normalized spacial score (nSPS) is 12.0. The van der Waals surface area contributed by atoms with Crippen molar-refractivity contribution >= 4 is 0 Å². The first-order chi connectivity index (χ1) is 8.81. The minimum atomic E-state index is -0.198. The van der Waals surface area contributed by atoms with E-state index in [-0.39, 0.29) is 12.6 Å². The average molecular weight is 258 g/mol. The summed E-state index contributed by atoms with van der Waals surface area (Å²) in [4.78, 5) is 0. The molecule has 0 bridgehead atoms. The largest absolute Gasteiger partial charge is 0.403 e. The van der Waals surface area contributed by atoms with Crippen LogP contribution in [0.2, 0.25) is 0 Å². The van der Waals surface area contributed by atoms with E-state index in [1.165, 1.54) is 13.2 Å². The van der Waals surface area contributed by atoms with E-state index in [1.54, 1.807) is 24.2 Å². The van der Waals surface area contributed by atoms with Gasteiger partial charge in [0.25, 0.3) is 0 Å². The van der Waals surface area contributed by atoms with Gasteiger partial charge in [0.05, 0.1) is 32.0 Å². The highest BCUT2D eigenvalue weighted by Gasteiger charge is 2.11. The van der Waals surface area contributed by atoms with Crippen LogP contribution in [0, 0.1) is 0 Å². The lowest BCUT2D eigenvalue weighted by molar-refractivity contribution is 0.107. The van der Waals surface area contributed by atoms with Gasteiger partial charge in [0.1, 0.15) is 5.69 Å². The highest BCUT2D eigenvalue weighted by atomic mass is 16.5. The molecule has 0 aliphatic heterocycles. The number of aliphatic hydroxyl groups is 1. The number of nitrogens with two attached hydrogens (primary N) is 2. The minimum Gasteiger partial charge on any atom is -0.403 e. The molecule has 0 aliphatic rings. The maximum atomic E-state index is 9.12. The standard InChI is InChI=1S/C9H17N5O2.CH5N/c1-16-7-9(6-15)14-5-8(12-13-14)4-11-3-2-10;1-2/h2-3,5,9,11,15H,4,6-7,10H2,1H3;2H2,1H3/b3-2-;. The Bertz CT molecular complexity index is 328. The molecular weight excluding hydrogens is 236 g/mol. The Morgan fingerprint density at radius 2 is 2.33 bits per heavy atom. The molecule has 0 aromatic carbocycles. The van der Waals surface area contributed by atoms with E-state index in [9.17, 15) is 0 Å². The summed E-state index contributed by atoms with van der Waals surface area (Å²) in [5.41, 5.74) is 10.4. The quantitative estimate of drug-likeness (QED) is 0.471. The first kappa shape index (κ1) is 16.4. The topological polar surface area (TPSA) is 124 Å². The summed E-state index contributed by atoms with van der Waals surface area (Å²) in [5.74, 6) is 0. The van der Waals surface area contributed by atoms with E-state index in [0.717, 1.165) is 5.69 Å². The van der Waals surface area contributed by atoms with E-state index < -0.39 is 0 Å². The van der Waals surface area contributed by atoms with Crippen LogP contribution in [0.3, 0.4) is 0 Å². The fourth-order valence-electron chi connectivity index (χ4n) is 1.21. The van der Waals surface area contributed by atoms with Gasteiger partial charge in [0.2, 0.25) is 0 Å². The van der Waals surface area contributed by atoms with Gasteiger partial charge < -0.3 is 26.6 Å². The number of hydrogen-bond donors (Lipinski definition) is 4. The number of hydrogen-bond acceptors (Lipinski definition) is 7. The van der Waals surface area contributed by atoms with Crippen molar-refractivity contribution in [2.75, 3.05) is 27.4 Å². The van der Waals surface area contributed by atoms with E-state index in [4.69, 9.17) is 15.6 Å². The Morgan fingerprint density at radius 1 is 1.61 bits per heavy atom. The molecule has 0 aliphatic carbocycles. The summed E-state index contributed by atoms with van der Waals surface area (Å²) in [5, 5.41) is 19.9. The number of nitrogens with zero attached hydrogens (tertiary/aromatic N) is 3. The number of aromatic nitrogens is 3. The molecule has 1 aromatic rings. The Hall–Kier alpha value is -1.64. The van der Waals surface area contributed by atoms with Gasteiger partial charge in [-0.2, -0.15) is 0 Å². The highest BCUT2D eigenvalue weighted by Crippen LogP contribution is 2.04. The van der Waals surface area contributed by atoms with Gasteiger partial charge in [0, 0.05) is 19.5 Å². The monoisotopic (exact) mass is 258 g/mol. The molecule has 104 valence electrons. The molecule has 1 heterocycles. The summed E-state index contributed by atoms with van der Waals surface area (Å²) < 4.78 is 6.56. The number of nitrogens with one attached hydrogen (secondary N) is 1. The molecule has 0 saturated carbocycles. The van der Waals surface area contributed by atoms with Gasteiger partial charge in [-0.1, -0.05) is 5.21 Å². The molecule has 1 aromatic heterocycles. The van der Waals surface area contributed by atoms with E-state index >= 15 is 0 Å². The number of rotatable bonds is 7. The maximum absolute atomic E-state index is 9.12. The van der Waals surface area contributed by atoms with E-state index in [0.29, 0.717) is 13.2 Å². The molecule has 0 radical (unpaired) electrons. The summed E-state index contributed by atoms with van der Waals surface area (Å²) >= 11 is 0. The Morgan fingerprint density at radius 3 is 2.89 bits per heavy atom. The predicted molar refractivity (Wildman–Crippen MR) is 68.3 cm³/mol. The fourth-order valence-corrected chi connectivity index (χ4v) is 1.21. The smallest absolute Gasteiger partial charge is 0.102 e. The lowest BCUT2D eigenvalue weighted by Gasteiger charge is -2.11. The summed E-state index contributed by atoms with van der Waals surface area (Å²) in [6.45, 7) is 0.904. The Kier molecular flexibility index (Phi) is 9.55. The zero-order chi connectivity index (χ0) is 13.8. The second kappa shape index (κ2) is 10.5. The van der Waals surface area contributed by atoms with Crippen molar-refractivity contribution in [3.05, 3.63) is 24.3 Å². The third kappa shape index (κ3) is 5.62. The van der Waals surface area contributed by atoms with Gasteiger partial charge in [-0.05, 0) is 7.05 Å². The van der Waals surface area contributed by atoms with Crippen molar-refractivity contribution in [3.8, 4) is 0 Å². The zero-order valence-electron chi connectivity index (χ0n) is 10.8. The van der Waals surface area contributed by atoms with Crippen LogP contribution in [-0.4, -0.2) is 47.5 Å². The molecule has 6 N–H and O–H groups in total. The summed E-state index contributed by atoms with van der Waals surface area (Å²) in [6.07, 6.45) is 4.79. The fraction of sp³-hybridized carbons (Fsp3) is 0.600. The maximum Gasteiger partial charge on any atom is 0.102 e. The molecule has 0 saturated heterocycles. The second-order valence-electron chi connectivity index (χ2n) is 3.22. The lowest BCUT2D eigenvalue weighted by Crippen LogP contribution is -2.19. The molecule has 0 fully saturated rings. The second-order valence-corrected chi connectivity index (χ2v) is 3.22. The van der Waals surface area contributed by atoms with Gasteiger partial charge in [-0.3, -0.25) is 0 Å². The molecular formula is C10H22N6O2. The van der Waals surface area contributed by atoms with E-state index in [1.807, 2.05) is 0 Å². The molecule has 8 heteroatoms. The van der Waals surface area contributed by atoms with Crippen molar-refractivity contribution in [3.63, 3.8) is 0 Å². The lowest BCUT2D eigenvalue weighted by atomic mass is 10.3. The van der Waals surface area contributed by atoms with Crippen molar-refractivity contribution in [1.29, 1.82) is 0 Å². The Labute approximate surface area is 107 Å². The number of ether oxygens (including phenoxy) is 1. The molecule has 0 spiro atoms. The molecule has 1 rings (SSSR count). The van der Waals surface area contributed by atoms with Crippen molar-refractivity contribution in [1.82, 2.24) is 20.3 Å². The van der Waals surface area contributed by atoms with Crippen LogP contribution in [0.15, 0.2) is 18.6 Å². The first-order valence-electron chi connectivity index (χ1n) is 5.50. The van der Waals surface area contributed by atoms with Crippen molar-refractivity contribution < 1.29 is 9.84 Å². The van der Waals surface area contributed by atoms with Crippen LogP contribution >= 0.6 is 0 Å². The van der Waals surface area contributed by atoms with Gasteiger partial charge in [0.15, 0.2) is 0 Å². The van der Waals surface area contributed by atoms with Crippen LogP contribution in [-0.2, 0) is 11.3 Å². The van der Waals surface area contributed by atoms with Gasteiger partial charge >= 0.3 is 0 Å². The third-order valence-corrected chi connectivity index (χ3v) is 2.00. The minimum absolute atomic E-state index is 0.0349. The first-order valence-corrected chi connectivity index (χ1v) is 5.50. The molecule has 1 unspecified atom stereocenters. The van der Waals surface area contributed by atoms with Crippen molar-refractivity contribution in [2.24, 2.45) is 11.5 Å². The van der Waals surface area contributed by atoms with Gasteiger partial charge in [-0.25, -0.2) is 4.68 Å². The molecule has 18 heavy (non-hydrogen) atoms. The summed E-state index contributed by atoms with van der Waals surface area (Å²) in [7, 11) is 3.08. The predicted octanol–water partition coefficient (Wildman–Crippen LogP) is -1.45. The molecule has 8 nitrogen and oxygen atoms in total. The van der Waals surface area contributed by atoms with Crippen LogP contribution in [0.1, 0.15) is 11.7 Å². The SMILES string of the molecule is CN.COCC(CO)n1cc(CN/C=C\N)nn1. The van der Waals surface area contributed by atoms with Crippen LogP contribution in [0.4, 0.5) is 0 Å². The van der Waals surface area contributed by atoms with Crippen LogP contribution in [0.25, 0.3) is 0 Å². The van der Waals surface area contributed by atoms with Gasteiger partial charge in [-0.15, -0.1) is 5.10 Å². The number of aliphatic hydroxyl groups excluding tert-OH is 1. The number of methoxy groups -OCH3 is 1. The third-order valence-electron chi connectivity index (χ3n) is 2.00. The molecule has 1 atom stereocenters. The van der Waals surface area contributed by atoms with E-state index in [2.05, 4.69) is 21.4 Å². The Balaban J connectivity index is 0.00000137. The molecule has 0 amide bonds. The highest BCUT2D eigenvalue weighted by molar-refractivity contribution is 4.94. The zero-order valence-corrected chi connectivity index (χ0v) is 10.8. The average Bonchev–Trinajstić information content (AvgIpc) is 2.87. The van der Waals surface area contributed by atoms with Crippen LogP contribution in [0.5, 0.6) is 0 Å².